The molecule has 1 aromatic heterocycles. The Morgan fingerprint density at radius 3 is 2.29 bits per heavy atom. The minimum absolute atomic E-state index is 1.28. The molecule has 1 heterocycles. The van der Waals surface area contributed by atoms with Gasteiger partial charge in [-0.2, -0.15) is 0 Å². The van der Waals surface area contributed by atoms with Crippen LogP contribution in [-0.2, 0) is 0 Å². The van der Waals surface area contributed by atoms with Gasteiger partial charge in [-0.15, -0.1) is 0 Å². The van der Waals surface area contributed by atoms with Gasteiger partial charge in [-0.05, 0) is 44.0 Å². The Hall–Kier alpha value is -1.50. The standard InChI is InChI=1S/C13H15N/c1-10-8-12(3)14(9-10)13-7-5-4-6-11(13)2/h4-9H,1-3H3. The van der Waals surface area contributed by atoms with E-state index in [4.69, 9.17) is 0 Å². The topological polar surface area (TPSA) is 4.93 Å². The number of nitrogens with zero attached hydrogens (tertiary/aromatic N) is 1. The monoisotopic (exact) mass is 185 g/mol. The van der Waals surface area contributed by atoms with E-state index in [9.17, 15) is 0 Å². The molecular formula is C13H15N. The lowest BCUT2D eigenvalue weighted by atomic mass is 10.2. The van der Waals surface area contributed by atoms with Gasteiger partial charge >= 0.3 is 0 Å². The zero-order valence-corrected chi connectivity index (χ0v) is 8.91. The quantitative estimate of drug-likeness (QED) is 0.641. The Labute approximate surface area is 85.0 Å². The summed E-state index contributed by atoms with van der Waals surface area (Å²) in [5.74, 6) is 0. The SMILES string of the molecule is Cc1cc(C)n(-c2ccccc2C)c1. The second kappa shape index (κ2) is 3.33. The normalized spacial score (nSPS) is 10.5. The predicted molar refractivity (Wildman–Crippen MR) is 60.0 cm³/mol. The van der Waals surface area contributed by atoms with Crippen molar-refractivity contribution in [3.63, 3.8) is 0 Å². The summed E-state index contributed by atoms with van der Waals surface area (Å²) in [6.45, 7) is 6.41. The highest BCUT2D eigenvalue weighted by molar-refractivity contribution is 5.42. The number of rotatable bonds is 1. The molecule has 1 aromatic carbocycles. The van der Waals surface area contributed by atoms with Gasteiger partial charge in [0.15, 0.2) is 0 Å². The molecule has 2 aromatic rings. The molecule has 0 atom stereocenters. The van der Waals surface area contributed by atoms with Gasteiger partial charge in [0.1, 0.15) is 0 Å². The highest BCUT2D eigenvalue weighted by Crippen LogP contribution is 2.17. The molecular weight excluding hydrogens is 170 g/mol. The maximum Gasteiger partial charge on any atom is 0.0481 e. The van der Waals surface area contributed by atoms with Crippen LogP contribution in [0, 0.1) is 20.8 Å². The minimum Gasteiger partial charge on any atom is -0.321 e. The van der Waals surface area contributed by atoms with Gasteiger partial charge in [0.05, 0.1) is 0 Å². The van der Waals surface area contributed by atoms with Crippen LogP contribution in [0.4, 0.5) is 0 Å². The first-order valence-corrected chi connectivity index (χ1v) is 4.90. The molecule has 2 rings (SSSR count). The summed E-state index contributed by atoms with van der Waals surface area (Å²) in [6.07, 6.45) is 2.18. The maximum absolute atomic E-state index is 2.24. The van der Waals surface area contributed by atoms with Crippen molar-refractivity contribution in [2.45, 2.75) is 20.8 Å². The average Bonchev–Trinajstić information content (AvgIpc) is 2.46. The zero-order chi connectivity index (χ0) is 10.1. The van der Waals surface area contributed by atoms with Crippen molar-refractivity contribution < 1.29 is 0 Å². The molecule has 0 aliphatic rings. The number of benzene rings is 1. The third kappa shape index (κ3) is 1.46. The molecule has 0 fully saturated rings. The Morgan fingerprint density at radius 2 is 1.71 bits per heavy atom. The van der Waals surface area contributed by atoms with Crippen molar-refractivity contribution in [2.75, 3.05) is 0 Å². The first-order chi connectivity index (χ1) is 6.68. The molecule has 0 aliphatic heterocycles. The number of hydrogen-bond acceptors (Lipinski definition) is 0. The van der Waals surface area contributed by atoms with Crippen LogP contribution in [0.5, 0.6) is 0 Å². The summed E-state index contributed by atoms with van der Waals surface area (Å²) in [6, 6.07) is 10.7. The van der Waals surface area contributed by atoms with Crippen molar-refractivity contribution in [1.82, 2.24) is 4.57 Å². The van der Waals surface area contributed by atoms with Crippen LogP contribution in [0.1, 0.15) is 16.8 Å². The largest absolute Gasteiger partial charge is 0.321 e. The van der Waals surface area contributed by atoms with Crippen LogP contribution in [-0.4, -0.2) is 4.57 Å². The first-order valence-electron chi connectivity index (χ1n) is 4.90. The summed E-state index contributed by atoms with van der Waals surface area (Å²) >= 11 is 0. The molecule has 72 valence electrons. The first kappa shape index (κ1) is 9.07. The van der Waals surface area contributed by atoms with E-state index < -0.39 is 0 Å². The Balaban J connectivity index is 2.60. The van der Waals surface area contributed by atoms with Crippen LogP contribution in [0.2, 0.25) is 0 Å². The minimum atomic E-state index is 1.28. The summed E-state index contributed by atoms with van der Waals surface area (Å²) in [4.78, 5) is 0. The van der Waals surface area contributed by atoms with E-state index in [1.807, 2.05) is 0 Å². The van der Waals surface area contributed by atoms with Crippen LogP contribution in [0.15, 0.2) is 36.5 Å². The van der Waals surface area contributed by atoms with Crippen LogP contribution >= 0.6 is 0 Å². The van der Waals surface area contributed by atoms with Crippen LogP contribution < -0.4 is 0 Å². The molecule has 0 saturated heterocycles. The third-order valence-corrected chi connectivity index (χ3v) is 2.52. The van der Waals surface area contributed by atoms with Gasteiger partial charge in [-0.1, -0.05) is 18.2 Å². The number of para-hydroxylation sites is 1. The van der Waals surface area contributed by atoms with Crippen molar-refractivity contribution in [3.8, 4) is 5.69 Å². The summed E-state index contributed by atoms with van der Waals surface area (Å²) in [5, 5.41) is 0. The maximum atomic E-state index is 2.24. The van der Waals surface area contributed by atoms with Gasteiger partial charge in [0, 0.05) is 17.6 Å². The van der Waals surface area contributed by atoms with E-state index in [0.29, 0.717) is 0 Å². The van der Waals surface area contributed by atoms with Gasteiger partial charge in [-0.25, -0.2) is 0 Å². The fourth-order valence-electron chi connectivity index (χ4n) is 1.84. The molecule has 0 spiro atoms. The van der Waals surface area contributed by atoms with Crippen molar-refractivity contribution in [2.24, 2.45) is 0 Å². The lowest BCUT2D eigenvalue weighted by Gasteiger charge is -2.08. The molecule has 1 nitrogen and oxygen atoms in total. The van der Waals surface area contributed by atoms with E-state index in [0.717, 1.165) is 0 Å². The van der Waals surface area contributed by atoms with Crippen molar-refractivity contribution in [1.29, 1.82) is 0 Å². The number of hydrogen-bond donors (Lipinski definition) is 0. The molecule has 0 N–H and O–H groups in total. The second-order valence-corrected chi connectivity index (χ2v) is 3.82. The molecule has 14 heavy (non-hydrogen) atoms. The van der Waals surface area contributed by atoms with Crippen LogP contribution in [0.25, 0.3) is 5.69 Å². The summed E-state index contributed by atoms with van der Waals surface area (Å²) < 4.78 is 2.24. The lowest BCUT2D eigenvalue weighted by Crippen LogP contribution is -1.96. The molecule has 0 aliphatic carbocycles. The molecule has 0 radical (unpaired) electrons. The van der Waals surface area contributed by atoms with E-state index in [1.54, 1.807) is 0 Å². The van der Waals surface area contributed by atoms with E-state index >= 15 is 0 Å². The lowest BCUT2D eigenvalue weighted by molar-refractivity contribution is 1.000. The van der Waals surface area contributed by atoms with Crippen molar-refractivity contribution >= 4 is 0 Å². The molecule has 0 unspecified atom stereocenters. The third-order valence-electron chi connectivity index (χ3n) is 2.52. The predicted octanol–water partition coefficient (Wildman–Crippen LogP) is 3.40. The highest BCUT2D eigenvalue weighted by Gasteiger charge is 2.03. The number of aromatic nitrogens is 1. The fraction of sp³-hybridized carbons (Fsp3) is 0.231. The molecule has 0 saturated carbocycles. The Kier molecular flexibility index (Phi) is 2.16. The smallest absolute Gasteiger partial charge is 0.0481 e. The van der Waals surface area contributed by atoms with Gasteiger partial charge in [0.25, 0.3) is 0 Å². The summed E-state index contributed by atoms with van der Waals surface area (Å²) in [7, 11) is 0. The Morgan fingerprint density at radius 1 is 1.00 bits per heavy atom. The highest BCUT2D eigenvalue weighted by atomic mass is 15.0. The number of aryl methyl sites for hydroxylation is 3. The van der Waals surface area contributed by atoms with Gasteiger partial charge in [-0.3, -0.25) is 0 Å². The molecule has 0 bridgehead atoms. The molecule has 0 amide bonds. The Bertz CT molecular complexity index is 452. The van der Waals surface area contributed by atoms with Crippen LogP contribution in [0.3, 0.4) is 0 Å². The summed E-state index contributed by atoms with van der Waals surface area (Å²) in [5.41, 5.74) is 5.19. The van der Waals surface area contributed by atoms with E-state index in [1.165, 1.54) is 22.5 Å². The zero-order valence-electron chi connectivity index (χ0n) is 8.91. The van der Waals surface area contributed by atoms with E-state index in [-0.39, 0.29) is 0 Å². The van der Waals surface area contributed by atoms with Crippen molar-refractivity contribution in [3.05, 3.63) is 53.3 Å². The van der Waals surface area contributed by atoms with Gasteiger partial charge < -0.3 is 4.57 Å². The van der Waals surface area contributed by atoms with Gasteiger partial charge in [0.2, 0.25) is 0 Å². The average molecular weight is 185 g/mol. The van der Waals surface area contributed by atoms with E-state index in [2.05, 4.69) is 61.9 Å². The molecule has 1 heteroatoms. The second-order valence-electron chi connectivity index (χ2n) is 3.82. The fourth-order valence-corrected chi connectivity index (χ4v) is 1.84.